The smallest absolute Gasteiger partial charge is 0.191 e. The molecule has 0 aromatic heterocycles. The molecule has 0 radical (unpaired) electrons. The lowest BCUT2D eigenvalue weighted by Crippen LogP contribution is -2.15. The Labute approximate surface area is 116 Å². The van der Waals surface area contributed by atoms with Gasteiger partial charge >= 0.3 is 0 Å². The Bertz CT molecular complexity index is 249. The van der Waals surface area contributed by atoms with Crippen molar-refractivity contribution in [2.75, 3.05) is 6.61 Å². The molecule has 1 unspecified atom stereocenters. The standard InChI is InChI=1S/C15H26O4/c1-2-14-18-15(19-17)12-10-8-6-4-3-5-7-9-11-13-16/h5-8,13,15,17H,2-4,9-12,14H2,1H3/b7-5+,8-6+. The van der Waals surface area contributed by atoms with Crippen molar-refractivity contribution >= 4 is 6.29 Å². The van der Waals surface area contributed by atoms with Gasteiger partial charge in [0.15, 0.2) is 6.29 Å². The van der Waals surface area contributed by atoms with E-state index in [9.17, 15) is 4.79 Å². The molecule has 4 heteroatoms. The van der Waals surface area contributed by atoms with Crippen molar-refractivity contribution in [3.05, 3.63) is 24.3 Å². The molecule has 0 heterocycles. The highest BCUT2D eigenvalue weighted by Gasteiger charge is 2.06. The van der Waals surface area contributed by atoms with E-state index in [-0.39, 0.29) is 0 Å². The van der Waals surface area contributed by atoms with Crippen LogP contribution in [-0.4, -0.2) is 24.4 Å². The average molecular weight is 270 g/mol. The van der Waals surface area contributed by atoms with Crippen molar-refractivity contribution in [2.45, 2.75) is 58.2 Å². The van der Waals surface area contributed by atoms with Crippen LogP contribution >= 0.6 is 0 Å². The minimum Gasteiger partial charge on any atom is -0.350 e. The minimum atomic E-state index is -0.521. The zero-order valence-electron chi connectivity index (χ0n) is 11.8. The maximum atomic E-state index is 10.1. The Morgan fingerprint density at radius 3 is 2.11 bits per heavy atom. The Kier molecular flexibility index (Phi) is 14.3. The molecule has 0 aliphatic rings. The van der Waals surface area contributed by atoms with Crippen LogP contribution in [0.3, 0.4) is 0 Å². The van der Waals surface area contributed by atoms with Gasteiger partial charge in [-0.3, -0.25) is 0 Å². The van der Waals surface area contributed by atoms with Crippen LogP contribution in [-0.2, 0) is 14.4 Å². The molecule has 1 atom stereocenters. The van der Waals surface area contributed by atoms with Gasteiger partial charge in [0, 0.05) is 19.4 Å². The van der Waals surface area contributed by atoms with Crippen molar-refractivity contribution < 1.29 is 19.7 Å². The van der Waals surface area contributed by atoms with Gasteiger partial charge in [-0.2, -0.15) is 0 Å². The largest absolute Gasteiger partial charge is 0.350 e. The van der Waals surface area contributed by atoms with Crippen LogP contribution in [0.2, 0.25) is 0 Å². The van der Waals surface area contributed by atoms with Gasteiger partial charge in [-0.05, 0) is 32.1 Å². The van der Waals surface area contributed by atoms with Gasteiger partial charge < -0.3 is 9.53 Å². The molecular formula is C15H26O4. The topological polar surface area (TPSA) is 55.8 Å². The van der Waals surface area contributed by atoms with Crippen molar-refractivity contribution in [1.29, 1.82) is 0 Å². The van der Waals surface area contributed by atoms with Crippen LogP contribution in [0, 0.1) is 0 Å². The van der Waals surface area contributed by atoms with Gasteiger partial charge in [0.25, 0.3) is 0 Å². The molecule has 0 aromatic rings. The fourth-order valence-corrected chi connectivity index (χ4v) is 1.48. The number of ether oxygens (including phenoxy) is 1. The number of carbonyl (C=O) groups excluding carboxylic acids is 1. The minimum absolute atomic E-state index is 0.521. The lowest BCUT2D eigenvalue weighted by Gasteiger charge is -2.12. The van der Waals surface area contributed by atoms with Crippen LogP contribution in [0.4, 0.5) is 0 Å². The van der Waals surface area contributed by atoms with Crippen LogP contribution in [0.25, 0.3) is 0 Å². The molecule has 0 aromatic carbocycles. The first kappa shape index (κ1) is 18.0. The number of allylic oxidation sites excluding steroid dienone is 4. The molecule has 0 saturated carbocycles. The third-order valence-electron chi connectivity index (χ3n) is 2.48. The second kappa shape index (κ2) is 15.1. The second-order valence-electron chi connectivity index (χ2n) is 4.25. The third-order valence-corrected chi connectivity index (χ3v) is 2.48. The molecule has 110 valence electrons. The number of unbranched alkanes of at least 4 members (excludes halogenated alkanes) is 2. The summed E-state index contributed by atoms with van der Waals surface area (Å²) >= 11 is 0. The molecule has 0 aliphatic carbocycles. The quantitative estimate of drug-likeness (QED) is 0.138. The number of aldehydes is 1. The Balaban J connectivity index is 3.46. The summed E-state index contributed by atoms with van der Waals surface area (Å²) in [5.74, 6) is 0. The van der Waals surface area contributed by atoms with E-state index in [1.54, 1.807) is 0 Å². The van der Waals surface area contributed by atoms with Crippen molar-refractivity contribution in [3.8, 4) is 0 Å². The Morgan fingerprint density at radius 1 is 1.00 bits per heavy atom. The highest BCUT2D eigenvalue weighted by atomic mass is 17.1. The zero-order valence-corrected chi connectivity index (χ0v) is 11.8. The second-order valence-corrected chi connectivity index (χ2v) is 4.25. The van der Waals surface area contributed by atoms with Crippen LogP contribution in [0.15, 0.2) is 24.3 Å². The Morgan fingerprint density at radius 2 is 1.58 bits per heavy atom. The molecule has 0 fully saturated rings. The maximum Gasteiger partial charge on any atom is 0.191 e. The summed E-state index contributed by atoms with van der Waals surface area (Å²) in [6, 6.07) is 0. The molecule has 1 N–H and O–H groups in total. The molecule has 0 rings (SSSR count). The fourth-order valence-electron chi connectivity index (χ4n) is 1.48. The van der Waals surface area contributed by atoms with E-state index in [0.29, 0.717) is 19.4 Å². The van der Waals surface area contributed by atoms with Gasteiger partial charge in [-0.15, -0.1) is 0 Å². The molecular weight excluding hydrogens is 244 g/mol. The summed E-state index contributed by atoms with van der Waals surface area (Å²) in [4.78, 5) is 14.3. The van der Waals surface area contributed by atoms with E-state index in [1.165, 1.54) is 0 Å². The molecule has 0 spiro atoms. The first-order chi connectivity index (χ1) is 9.35. The van der Waals surface area contributed by atoms with E-state index >= 15 is 0 Å². The monoisotopic (exact) mass is 270 g/mol. The molecule has 0 saturated heterocycles. The molecule has 0 bridgehead atoms. The normalized spacial score (nSPS) is 13.4. The van der Waals surface area contributed by atoms with Gasteiger partial charge in [0.1, 0.15) is 6.29 Å². The van der Waals surface area contributed by atoms with Crippen molar-refractivity contribution in [1.82, 2.24) is 0 Å². The molecule has 4 nitrogen and oxygen atoms in total. The number of hydrogen-bond acceptors (Lipinski definition) is 4. The predicted octanol–water partition coefficient (Wildman–Crippen LogP) is 3.88. The van der Waals surface area contributed by atoms with Crippen molar-refractivity contribution in [2.24, 2.45) is 0 Å². The average Bonchev–Trinajstić information content (AvgIpc) is 2.44. The summed E-state index contributed by atoms with van der Waals surface area (Å²) in [5.41, 5.74) is 0. The lowest BCUT2D eigenvalue weighted by molar-refractivity contribution is -0.346. The van der Waals surface area contributed by atoms with Crippen molar-refractivity contribution in [3.63, 3.8) is 0 Å². The van der Waals surface area contributed by atoms with Crippen LogP contribution in [0.5, 0.6) is 0 Å². The SMILES string of the molecule is CCCOC(CC/C=C/CC/C=C/CCC=O)OO. The van der Waals surface area contributed by atoms with Gasteiger partial charge in [-0.25, -0.2) is 10.1 Å². The number of hydrogen-bond donors (Lipinski definition) is 1. The number of carbonyl (C=O) groups is 1. The maximum absolute atomic E-state index is 10.1. The summed E-state index contributed by atoms with van der Waals surface area (Å²) < 4.78 is 5.28. The molecule has 19 heavy (non-hydrogen) atoms. The summed E-state index contributed by atoms with van der Waals surface area (Å²) in [7, 11) is 0. The van der Waals surface area contributed by atoms with E-state index in [2.05, 4.69) is 23.1 Å². The van der Waals surface area contributed by atoms with Gasteiger partial charge in [0.2, 0.25) is 0 Å². The first-order valence-electron chi connectivity index (χ1n) is 7.00. The first-order valence-corrected chi connectivity index (χ1v) is 7.00. The van der Waals surface area contributed by atoms with Crippen LogP contribution < -0.4 is 0 Å². The van der Waals surface area contributed by atoms with E-state index < -0.39 is 6.29 Å². The fraction of sp³-hybridized carbons (Fsp3) is 0.667. The predicted molar refractivity (Wildman–Crippen MR) is 75.8 cm³/mol. The lowest BCUT2D eigenvalue weighted by atomic mass is 10.2. The summed E-state index contributed by atoms with van der Waals surface area (Å²) in [5, 5.41) is 8.61. The number of rotatable bonds is 13. The van der Waals surface area contributed by atoms with Crippen LogP contribution in [0.1, 0.15) is 51.9 Å². The Hall–Kier alpha value is -0.970. The zero-order chi connectivity index (χ0) is 14.2. The highest BCUT2D eigenvalue weighted by Crippen LogP contribution is 2.05. The molecule has 0 amide bonds. The van der Waals surface area contributed by atoms with E-state index in [0.717, 1.165) is 38.4 Å². The summed E-state index contributed by atoms with van der Waals surface area (Å²) in [6.45, 7) is 2.61. The van der Waals surface area contributed by atoms with Gasteiger partial charge in [-0.1, -0.05) is 31.2 Å². The third kappa shape index (κ3) is 13.3. The highest BCUT2D eigenvalue weighted by molar-refractivity contribution is 5.49. The summed E-state index contributed by atoms with van der Waals surface area (Å²) in [6.07, 6.45) is 14.5. The van der Waals surface area contributed by atoms with E-state index in [4.69, 9.17) is 9.99 Å². The van der Waals surface area contributed by atoms with Gasteiger partial charge in [0.05, 0.1) is 0 Å². The molecule has 0 aliphatic heterocycles. The van der Waals surface area contributed by atoms with E-state index in [1.807, 2.05) is 13.0 Å².